The summed E-state index contributed by atoms with van der Waals surface area (Å²) < 4.78 is 0. The smallest absolute Gasteiger partial charge is 0.251 e. The Bertz CT molecular complexity index is 254. The Balaban J connectivity index is 2.66. The third kappa shape index (κ3) is 2.38. The highest BCUT2D eigenvalue weighted by Gasteiger charge is 2.04. The van der Waals surface area contributed by atoms with Gasteiger partial charge in [0.05, 0.1) is 0 Å². The van der Waals surface area contributed by atoms with Crippen molar-refractivity contribution < 1.29 is 4.79 Å². The largest absolute Gasteiger partial charge is 0.350 e. The summed E-state index contributed by atoms with van der Waals surface area (Å²) in [5.41, 5.74) is 0.674. The Morgan fingerprint density at radius 1 is 1.42 bits per heavy atom. The minimum Gasteiger partial charge on any atom is -0.350 e. The fourth-order valence-corrected chi connectivity index (χ4v) is 0.897. The van der Waals surface area contributed by atoms with E-state index in [0.717, 1.165) is 0 Å². The van der Waals surface area contributed by atoms with Gasteiger partial charge in [-0.2, -0.15) is 0 Å². The minimum absolute atomic E-state index is 0.0577. The van der Waals surface area contributed by atoms with Gasteiger partial charge in [-0.15, -0.1) is 0 Å². The van der Waals surface area contributed by atoms with Crippen molar-refractivity contribution in [3.8, 4) is 0 Å². The summed E-state index contributed by atoms with van der Waals surface area (Å²) >= 11 is 0. The fourth-order valence-electron chi connectivity index (χ4n) is 0.897. The number of rotatable bonds is 2. The van der Waals surface area contributed by atoms with E-state index in [-0.39, 0.29) is 11.9 Å². The van der Waals surface area contributed by atoms with Crippen LogP contribution in [-0.2, 0) is 0 Å². The van der Waals surface area contributed by atoms with E-state index in [9.17, 15) is 4.79 Å². The molecule has 0 heterocycles. The second-order valence-electron chi connectivity index (χ2n) is 2.74. The van der Waals surface area contributed by atoms with E-state index in [1.807, 2.05) is 25.1 Å². The summed E-state index contributed by atoms with van der Waals surface area (Å²) in [7, 11) is 0. The molecule has 0 bridgehead atoms. The van der Waals surface area contributed by atoms with Crippen molar-refractivity contribution in [2.75, 3.05) is 0 Å². The zero-order valence-electron chi connectivity index (χ0n) is 7.08. The summed E-state index contributed by atoms with van der Waals surface area (Å²) in [4.78, 5) is 11.3. The van der Waals surface area contributed by atoms with Crippen LogP contribution in [0, 0.1) is 6.92 Å². The molecule has 1 atom stereocenters. The van der Waals surface area contributed by atoms with Gasteiger partial charge in [-0.1, -0.05) is 18.2 Å². The van der Waals surface area contributed by atoms with Gasteiger partial charge in [0.15, 0.2) is 0 Å². The lowest BCUT2D eigenvalue weighted by molar-refractivity contribution is 0.0946. The zero-order chi connectivity index (χ0) is 8.97. The number of benzene rings is 1. The Labute approximate surface area is 72.6 Å². The van der Waals surface area contributed by atoms with Crippen molar-refractivity contribution in [2.45, 2.75) is 13.0 Å². The fraction of sp³-hybridized carbons (Fsp3) is 0.200. The molecular formula is C10H12NO. The second kappa shape index (κ2) is 3.90. The maximum atomic E-state index is 11.3. The molecule has 1 N–H and O–H groups in total. The van der Waals surface area contributed by atoms with Crippen molar-refractivity contribution in [1.82, 2.24) is 5.32 Å². The van der Waals surface area contributed by atoms with E-state index in [2.05, 4.69) is 12.2 Å². The summed E-state index contributed by atoms with van der Waals surface area (Å²) in [6.45, 7) is 5.51. The van der Waals surface area contributed by atoms with Crippen LogP contribution in [0.15, 0.2) is 30.3 Å². The van der Waals surface area contributed by atoms with Crippen LogP contribution in [-0.4, -0.2) is 11.9 Å². The normalized spacial score (nSPS) is 9.92. The highest BCUT2D eigenvalue weighted by molar-refractivity contribution is 5.94. The SMILES string of the molecule is [CH2]C(C)NC(=O)c1ccccc1. The van der Waals surface area contributed by atoms with Gasteiger partial charge in [0.2, 0.25) is 0 Å². The molecule has 0 fully saturated rings. The first kappa shape index (κ1) is 8.78. The van der Waals surface area contributed by atoms with E-state index in [1.165, 1.54) is 0 Å². The van der Waals surface area contributed by atoms with Crippen molar-refractivity contribution in [3.05, 3.63) is 42.8 Å². The number of hydrogen-bond acceptors (Lipinski definition) is 1. The predicted molar refractivity (Wildman–Crippen MR) is 48.7 cm³/mol. The first-order chi connectivity index (χ1) is 5.70. The van der Waals surface area contributed by atoms with E-state index >= 15 is 0 Å². The lowest BCUT2D eigenvalue weighted by Crippen LogP contribution is -2.30. The van der Waals surface area contributed by atoms with Crippen LogP contribution in [0.3, 0.4) is 0 Å². The molecule has 1 unspecified atom stereocenters. The first-order valence-electron chi connectivity index (χ1n) is 3.89. The van der Waals surface area contributed by atoms with E-state index in [1.54, 1.807) is 12.1 Å². The topological polar surface area (TPSA) is 29.1 Å². The predicted octanol–water partition coefficient (Wildman–Crippen LogP) is 1.64. The Kier molecular flexibility index (Phi) is 2.86. The van der Waals surface area contributed by atoms with Crippen molar-refractivity contribution in [3.63, 3.8) is 0 Å². The van der Waals surface area contributed by atoms with Gasteiger partial charge in [0.25, 0.3) is 5.91 Å². The summed E-state index contributed by atoms with van der Waals surface area (Å²) in [5.74, 6) is -0.0712. The quantitative estimate of drug-likeness (QED) is 0.703. The molecule has 0 saturated carbocycles. The average molecular weight is 162 g/mol. The van der Waals surface area contributed by atoms with Gasteiger partial charge < -0.3 is 5.32 Å². The molecular weight excluding hydrogens is 150 g/mol. The third-order valence-electron chi connectivity index (χ3n) is 1.41. The number of nitrogens with one attached hydrogen (secondary N) is 1. The van der Waals surface area contributed by atoms with Gasteiger partial charge in [-0.05, 0) is 26.0 Å². The number of carbonyl (C=O) groups excluding carboxylic acids is 1. The standard InChI is InChI=1S/C10H12NO/c1-8(2)11-10(12)9-6-4-3-5-7-9/h3-8H,1H2,2H3,(H,11,12). The first-order valence-corrected chi connectivity index (χ1v) is 3.89. The average Bonchev–Trinajstić information content (AvgIpc) is 2.05. The molecule has 1 aromatic carbocycles. The summed E-state index contributed by atoms with van der Waals surface area (Å²) in [5, 5.41) is 2.71. The Hall–Kier alpha value is -1.31. The van der Waals surface area contributed by atoms with Gasteiger partial charge in [-0.3, -0.25) is 4.79 Å². The molecule has 0 aliphatic carbocycles. The van der Waals surface area contributed by atoms with Crippen LogP contribution in [0.2, 0.25) is 0 Å². The number of amides is 1. The second-order valence-corrected chi connectivity index (χ2v) is 2.74. The van der Waals surface area contributed by atoms with Crippen molar-refractivity contribution in [2.24, 2.45) is 0 Å². The molecule has 12 heavy (non-hydrogen) atoms. The highest BCUT2D eigenvalue weighted by atomic mass is 16.1. The minimum atomic E-state index is -0.0712. The summed E-state index contributed by atoms with van der Waals surface area (Å²) in [6, 6.07) is 9.04. The molecule has 1 radical (unpaired) electrons. The number of hydrogen-bond donors (Lipinski definition) is 1. The maximum absolute atomic E-state index is 11.3. The molecule has 2 nitrogen and oxygen atoms in total. The molecule has 2 heteroatoms. The van der Waals surface area contributed by atoms with Gasteiger partial charge in [0, 0.05) is 11.6 Å². The van der Waals surface area contributed by atoms with Crippen molar-refractivity contribution in [1.29, 1.82) is 0 Å². The molecule has 0 aliphatic rings. The van der Waals surface area contributed by atoms with Gasteiger partial charge in [-0.25, -0.2) is 0 Å². The monoisotopic (exact) mass is 162 g/mol. The maximum Gasteiger partial charge on any atom is 0.251 e. The number of carbonyl (C=O) groups is 1. The van der Waals surface area contributed by atoms with Crippen LogP contribution >= 0.6 is 0 Å². The van der Waals surface area contributed by atoms with Crippen LogP contribution < -0.4 is 5.32 Å². The Morgan fingerprint density at radius 3 is 2.50 bits per heavy atom. The van der Waals surface area contributed by atoms with Crippen LogP contribution in [0.5, 0.6) is 0 Å². The molecule has 0 aromatic heterocycles. The lowest BCUT2D eigenvalue weighted by atomic mass is 10.2. The Morgan fingerprint density at radius 2 is 2.00 bits per heavy atom. The molecule has 0 spiro atoms. The van der Waals surface area contributed by atoms with E-state index in [4.69, 9.17) is 0 Å². The van der Waals surface area contributed by atoms with Crippen LogP contribution in [0.25, 0.3) is 0 Å². The van der Waals surface area contributed by atoms with E-state index < -0.39 is 0 Å². The molecule has 63 valence electrons. The molecule has 0 saturated heterocycles. The third-order valence-corrected chi connectivity index (χ3v) is 1.41. The van der Waals surface area contributed by atoms with E-state index in [0.29, 0.717) is 5.56 Å². The molecule has 1 amide bonds. The highest BCUT2D eigenvalue weighted by Crippen LogP contribution is 1.97. The van der Waals surface area contributed by atoms with Crippen LogP contribution in [0.4, 0.5) is 0 Å². The lowest BCUT2D eigenvalue weighted by Gasteiger charge is -2.07. The molecule has 1 rings (SSSR count). The summed E-state index contributed by atoms with van der Waals surface area (Å²) in [6.07, 6.45) is 0. The van der Waals surface area contributed by atoms with Gasteiger partial charge in [0.1, 0.15) is 0 Å². The zero-order valence-corrected chi connectivity index (χ0v) is 7.08. The van der Waals surface area contributed by atoms with Crippen LogP contribution in [0.1, 0.15) is 17.3 Å². The molecule has 1 aromatic rings. The molecule has 0 aliphatic heterocycles. The van der Waals surface area contributed by atoms with Crippen molar-refractivity contribution >= 4 is 5.91 Å². The van der Waals surface area contributed by atoms with Gasteiger partial charge >= 0.3 is 0 Å².